The molecule has 2 aromatic carbocycles. The average molecular weight is 344 g/mol. The highest BCUT2D eigenvalue weighted by molar-refractivity contribution is 7.89. The molecule has 0 spiro atoms. The molecule has 5 nitrogen and oxygen atoms in total. The van der Waals surface area contributed by atoms with E-state index in [0.29, 0.717) is 18.5 Å². The maximum Gasteiger partial charge on any atom is 0.245 e. The van der Waals surface area contributed by atoms with Gasteiger partial charge in [-0.25, -0.2) is 8.42 Å². The molecule has 6 heteroatoms. The summed E-state index contributed by atoms with van der Waals surface area (Å²) in [5, 5.41) is 0. The van der Waals surface area contributed by atoms with Crippen molar-refractivity contribution in [2.24, 2.45) is 0 Å². The van der Waals surface area contributed by atoms with Gasteiger partial charge < -0.3 is 4.90 Å². The van der Waals surface area contributed by atoms with Crippen molar-refractivity contribution in [1.82, 2.24) is 4.72 Å². The van der Waals surface area contributed by atoms with Crippen molar-refractivity contribution >= 4 is 21.6 Å². The number of anilines is 1. The molecule has 0 aromatic heterocycles. The third-order valence-corrected chi connectivity index (χ3v) is 5.82. The number of para-hydroxylation sites is 1. The number of carbonyl (C=O) groups is 1. The highest BCUT2D eigenvalue weighted by Gasteiger charge is 2.35. The van der Waals surface area contributed by atoms with E-state index in [9.17, 15) is 13.2 Å². The Morgan fingerprint density at radius 2 is 1.79 bits per heavy atom. The SMILES string of the molecule is Cc1ccc(C)c(S(=O)(=O)N[C@@H]2CCN(c3ccccc3)C2=O)c1. The Hall–Kier alpha value is -2.18. The lowest BCUT2D eigenvalue weighted by Crippen LogP contribution is -2.41. The van der Waals surface area contributed by atoms with Crippen LogP contribution >= 0.6 is 0 Å². The largest absolute Gasteiger partial charge is 0.311 e. The first-order valence-electron chi connectivity index (χ1n) is 7.84. The molecule has 2 aromatic rings. The number of aryl methyl sites for hydroxylation is 2. The molecular formula is C18H20N2O3S. The molecule has 1 aliphatic heterocycles. The Kier molecular flexibility index (Phi) is 4.43. The van der Waals surface area contributed by atoms with Crippen molar-refractivity contribution in [3.63, 3.8) is 0 Å². The quantitative estimate of drug-likeness (QED) is 0.926. The van der Waals surface area contributed by atoms with Gasteiger partial charge in [-0.05, 0) is 49.6 Å². The third kappa shape index (κ3) is 3.20. The molecule has 126 valence electrons. The second-order valence-electron chi connectivity index (χ2n) is 6.06. The minimum Gasteiger partial charge on any atom is -0.311 e. The first kappa shape index (κ1) is 16.7. The topological polar surface area (TPSA) is 66.5 Å². The number of benzene rings is 2. The van der Waals surface area contributed by atoms with E-state index in [1.807, 2.05) is 43.3 Å². The van der Waals surface area contributed by atoms with Crippen LogP contribution in [0.4, 0.5) is 5.69 Å². The lowest BCUT2D eigenvalue weighted by atomic mass is 10.2. The molecule has 0 unspecified atom stereocenters. The fourth-order valence-electron chi connectivity index (χ4n) is 2.90. The van der Waals surface area contributed by atoms with Gasteiger partial charge >= 0.3 is 0 Å². The van der Waals surface area contributed by atoms with Crippen LogP contribution in [0, 0.1) is 13.8 Å². The van der Waals surface area contributed by atoms with Crippen LogP contribution in [0.3, 0.4) is 0 Å². The van der Waals surface area contributed by atoms with Gasteiger partial charge in [-0.15, -0.1) is 0 Å². The second kappa shape index (κ2) is 6.37. The molecule has 0 aliphatic carbocycles. The van der Waals surface area contributed by atoms with Gasteiger partial charge in [0.15, 0.2) is 0 Å². The number of rotatable bonds is 4. The Balaban J connectivity index is 1.81. The van der Waals surface area contributed by atoms with Crippen molar-refractivity contribution < 1.29 is 13.2 Å². The summed E-state index contributed by atoms with van der Waals surface area (Å²) in [6.07, 6.45) is 0.456. The van der Waals surface area contributed by atoms with Crippen LogP contribution in [-0.4, -0.2) is 26.9 Å². The van der Waals surface area contributed by atoms with Crippen LogP contribution in [0.2, 0.25) is 0 Å². The summed E-state index contributed by atoms with van der Waals surface area (Å²) in [6, 6.07) is 13.8. The summed E-state index contributed by atoms with van der Waals surface area (Å²) in [5.74, 6) is -0.213. The Morgan fingerprint density at radius 3 is 2.50 bits per heavy atom. The van der Waals surface area contributed by atoms with E-state index < -0.39 is 16.1 Å². The van der Waals surface area contributed by atoms with E-state index >= 15 is 0 Å². The van der Waals surface area contributed by atoms with E-state index in [1.165, 1.54) is 0 Å². The Bertz CT molecular complexity index is 863. The third-order valence-electron chi connectivity index (χ3n) is 4.20. The van der Waals surface area contributed by atoms with Gasteiger partial charge in [0.25, 0.3) is 0 Å². The molecule has 1 saturated heterocycles. The van der Waals surface area contributed by atoms with Crippen LogP contribution in [0.5, 0.6) is 0 Å². The molecule has 1 N–H and O–H groups in total. The first-order chi connectivity index (χ1) is 11.4. The van der Waals surface area contributed by atoms with Gasteiger partial charge in [-0.3, -0.25) is 4.79 Å². The predicted molar refractivity (Wildman–Crippen MR) is 93.4 cm³/mol. The molecule has 1 heterocycles. The number of hydrogen-bond donors (Lipinski definition) is 1. The van der Waals surface area contributed by atoms with Gasteiger partial charge in [0.1, 0.15) is 6.04 Å². The summed E-state index contributed by atoms with van der Waals surface area (Å²) in [4.78, 5) is 14.4. The lowest BCUT2D eigenvalue weighted by Gasteiger charge is -2.17. The number of sulfonamides is 1. The zero-order valence-corrected chi connectivity index (χ0v) is 14.5. The van der Waals surface area contributed by atoms with Crippen molar-refractivity contribution in [3.05, 3.63) is 59.7 Å². The molecule has 1 fully saturated rings. The molecule has 1 aliphatic rings. The fourth-order valence-corrected chi connectivity index (χ4v) is 4.45. The van der Waals surface area contributed by atoms with Gasteiger partial charge in [-0.1, -0.05) is 30.3 Å². The molecule has 3 rings (SSSR count). The van der Waals surface area contributed by atoms with Crippen LogP contribution in [0.1, 0.15) is 17.5 Å². The summed E-state index contributed by atoms with van der Waals surface area (Å²) in [6.45, 7) is 4.10. The van der Waals surface area contributed by atoms with E-state index in [2.05, 4.69) is 4.72 Å². The lowest BCUT2D eigenvalue weighted by molar-refractivity contribution is -0.118. The van der Waals surface area contributed by atoms with E-state index in [4.69, 9.17) is 0 Å². The zero-order chi connectivity index (χ0) is 17.3. The van der Waals surface area contributed by atoms with Crippen LogP contribution in [0.15, 0.2) is 53.4 Å². The van der Waals surface area contributed by atoms with Crippen molar-refractivity contribution in [2.75, 3.05) is 11.4 Å². The van der Waals surface area contributed by atoms with Gasteiger partial charge in [0.05, 0.1) is 4.90 Å². The standard InChI is InChI=1S/C18H20N2O3S/c1-13-8-9-14(2)17(12-13)24(22,23)19-16-10-11-20(18(16)21)15-6-4-3-5-7-15/h3-9,12,16,19H,10-11H2,1-2H3/t16-/m1/s1. The van der Waals surface area contributed by atoms with Crippen molar-refractivity contribution in [1.29, 1.82) is 0 Å². The molecule has 24 heavy (non-hydrogen) atoms. The maximum absolute atomic E-state index is 12.7. The Morgan fingerprint density at radius 1 is 1.08 bits per heavy atom. The zero-order valence-electron chi connectivity index (χ0n) is 13.7. The molecule has 1 atom stereocenters. The normalized spacial score (nSPS) is 18.2. The fraction of sp³-hybridized carbons (Fsp3) is 0.278. The highest BCUT2D eigenvalue weighted by atomic mass is 32.2. The summed E-state index contributed by atoms with van der Waals surface area (Å²) in [7, 11) is -3.73. The van der Waals surface area contributed by atoms with Crippen LogP contribution < -0.4 is 9.62 Å². The summed E-state index contributed by atoms with van der Waals surface area (Å²) < 4.78 is 27.9. The van der Waals surface area contributed by atoms with E-state index in [-0.39, 0.29) is 10.8 Å². The summed E-state index contributed by atoms with van der Waals surface area (Å²) in [5.41, 5.74) is 2.32. The predicted octanol–water partition coefficient (Wildman–Crippen LogP) is 2.39. The molecule has 0 radical (unpaired) electrons. The number of nitrogens with zero attached hydrogens (tertiary/aromatic N) is 1. The number of amides is 1. The Labute approximate surface area is 142 Å². The van der Waals surface area contributed by atoms with Gasteiger partial charge in [0.2, 0.25) is 15.9 Å². The van der Waals surface area contributed by atoms with Crippen molar-refractivity contribution in [2.45, 2.75) is 31.2 Å². The number of hydrogen-bond acceptors (Lipinski definition) is 3. The van der Waals surface area contributed by atoms with Gasteiger partial charge in [-0.2, -0.15) is 4.72 Å². The van der Waals surface area contributed by atoms with Crippen LogP contribution in [0.25, 0.3) is 0 Å². The molecular weight excluding hydrogens is 324 g/mol. The van der Waals surface area contributed by atoms with Crippen LogP contribution in [-0.2, 0) is 14.8 Å². The summed E-state index contributed by atoms with van der Waals surface area (Å²) >= 11 is 0. The molecule has 0 bridgehead atoms. The molecule has 0 saturated carbocycles. The van der Waals surface area contributed by atoms with E-state index in [1.54, 1.807) is 24.0 Å². The maximum atomic E-state index is 12.7. The second-order valence-corrected chi connectivity index (χ2v) is 7.74. The minimum absolute atomic E-state index is 0.213. The highest BCUT2D eigenvalue weighted by Crippen LogP contribution is 2.23. The first-order valence-corrected chi connectivity index (χ1v) is 9.33. The smallest absolute Gasteiger partial charge is 0.245 e. The van der Waals surface area contributed by atoms with Gasteiger partial charge in [0, 0.05) is 12.2 Å². The van der Waals surface area contributed by atoms with Crippen molar-refractivity contribution in [3.8, 4) is 0 Å². The number of nitrogens with one attached hydrogen (secondary N) is 1. The number of carbonyl (C=O) groups excluding carboxylic acids is 1. The average Bonchev–Trinajstić information content (AvgIpc) is 2.91. The van der Waals surface area contributed by atoms with E-state index in [0.717, 1.165) is 11.3 Å². The monoisotopic (exact) mass is 344 g/mol. The molecule has 1 amide bonds. The minimum atomic E-state index is -3.73.